The van der Waals surface area contributed by atoms with E-state index in [1.54, 1.807) is 0 Å². The van der Waals surface area contributed by atoms with Crippen LogP contribution >= 0.6 is 0 Å². The Labute approximate surface area is 248 Å². The summed E-state index contributed by atoms with van der Waals surface area (Å²) in [5.41, 5.74) is 9.06. The Balaban J connectivity index is 1.17. The Morgan fingerprint density at radius 2 is 0.930 bits per heavy atom. The maximum absolute atomic E-state index is 11.8. The van der Waals surface area contributed by atoms with Crippen LogP contribution in [0.15, 0.2) is 152 Å². The van der Waals surface area contributed by atoms with Crippen LogP contribution in [0.3, 0.4) is 0 Å². The van der Waals surface area contributed by atoms with Gasteiger partial charge in [0.15, 0.2) is 0 Å². The van der Waals surface area contributed by atoms with Crippen molar-refractivity contribution >= 4 is 49.6 Å². The molecular weight excluding hydrogens is 528 g/mol. The second-order valence-corrected chi connectivity index (χ2v) is 10.6. The first-order valence-electron chi connectivity index (χ1n) is 14.3. The zero-order valence-electron chi connectivity index (χ0n) is 23.3. The van der Waals surface area contributed by atoms with Crippen LogP contribution in [0.1, 0.15) is 0 Å². The summed E-state index contributed by atoms with van der Waals surface area (Å²) in [5.74, 6) is 0.0294. The SMILES string of the molecule is C=CC(=O)Oc1ccc2c(c1)c1ccccc1n2-c1ccc(-c2ccc(-n3c4ccccc4c4ccccc43)cc2)cc1. The van der Waals surface area contributed by atoms with E-state index in [0.29, 0.717) is 5.75 Å². The summed E-state index contributed by atoms with van der Waals surface area (Å²) in [4.78, 5) is 11.8. The molecule has 6 aromatic carbocycles. The van der Waals surface area contributed by atoms with E-state index in [9.17, 15) is 4.79 Å². The first-order valence-corrected chi connectivity index (χ1v) is 14.3. The van der Waals surface area contributed by atoms with E-state index in [0.717, 1.165) is 44.3 Å². The quantitative estimate of drug-likeness (QED) is 0.121. The van der Waals surface area contributed by atoms with Crippen LogP contribution in [0, 0.1) is 0 Å². The zero-order chi connectivity index (χ0) is 28.9. The van der Waals surface area contributed by atoms with Crippen molar-refractivity contribution in [3.8, 4) is 28.3 Å². The fourth-order valence-corrected chi connectivity index (χ4v) is 6.26. The van der Waals surface area contributed by atoms with Crippen LogP contribution in [0.2, 0.25) is 0 Å². The summed E-state index contributed by atoms with van der Waals surface area (Å²) in [6, 6.07) is 48.6. The second kappa shape index (κ2) is 9.89. The Bertz CT molecular complexity index is 2290. The lowest BCUT2D eigenvalue weighted by atomic mass is 10.0. The Morgan fingerprint density at radius 1 is 0.512 bits per heavy atom. The van der Waals surface area contributed by atoms with Gasteiger partial charge >= 0.3 is 5.97 Å². The molecule has 0 fully saturated rings. The first kappa shape index (κ1) is 24.9. The third-order valence-electron chi connectivity index (χ3n) is 8.19. The minimum Gasteiger partial charge on any atom is -0.423 e. The average Bonchev–Trinajstić information content (AvgIpc) is 3.58. The highest BCUT2D eigenvalue weighted by atomic mass is 16.5. The van der Waals surface area contributed by atoms with Crippen LogP contribution in [0.5, 0.6) is 5.75 Å². The number of fused-ring (bicyclic) bond motifs is 6. The number of esters is 1. The van der Waals surface area contributed by atoms with Gasteiger partial charge in [-0.1, -0.05) is 85.4 Å². The third kappa shape index (κ3) is 4.03. The van der Waals surface area contributed by atoms with Gasteiger partial charge in [-0.2, -0.15) is 0 Å². The molecule has 4 nitrogen and oxygen atoms in total. The van der Waals surface area contributed by atoms with Crippen LogP contribution in [-0.4, -0.2) is 15.1 Å². The molecule has 0 aliphatic carbocycles. The van der Waals surface area contributed by atoms with Crippen LogP contribution in [-0.2, 0) is 4.79 Å². The van der Waals surface area contributed by atoms with Crippen LogP contribution in [0.25, 0.3) is 66.1 Å². The molecular formula is C39H26N2O2. The van der Waals surface area contributed by atoms with Gasteiger partial charge in [0.1, 0.15) is 5.75 Å². The van der Waals surface area contributed by atoms with Crippen molar-refractivity contribution in [2.45, 2.75) is 0 Å². The van der Waals surface area contributed by atoms with Gasteiger partial charge in [0.25, 0.3) is 0 Å². The average molecular weight is 555 g/mol. The van der Waals surface area contributed by atoms with Gasteiger partial charge in [0, 0.05) is 39.0 Å². The number of rotatable bonds is 5. The predicted octanol–water partition coefficient (Wildman–Crippen LogP) is 9.64. The number of carbonyl (C=O) groups is 1. The number of aromatic nitrogens is 2. The van der Waals surface area contributed by atoms with Gasteiger partial charge < -0.3 is 13.9 Å². The van der Waals surface area contributed by atoms with Crippen molar-refractivity contribution in [3.63, 3.8) is 0 Å². The maximum atomic E-state index is 11.8. The molecule has 204 valence electrons. The number of hydrogen-bond acceptors (Lipinski definition) is 2. The molecule has 0 saturated carbocycles. The van der Waals surface area contributed by atoms with Crippen molar-refractivity contribution in [2.24, 2.45) is 0 Å². The lowest BCUT2D eigenvalue weighted by molar-refractivity contribution is -0.128. The number of para-hydroxylation sites is 3. The molecule has 8 rings (SSSR count). The van der Waals surface area contributed by atoms with E-state index in [1.165, 1.54) is 27.9 Å². The van der Waals surface area contributed by atoms with Crippen LogP contribution < -0.4 is 4.74 Å². The van der Waals surface area contributed by atoms with Crippen molar-refractivity contribution in [2.75, 3.05) is 0 Å². The smallest absolute Gasteiger partial charge is 0.335 e. The number of carbonyl (C=O) groups excluding carboxylic acids is 1. The number of ether oxygens (including phenoxy) is 1. The number of benzene rings is 6. The molecule has 2 heterocycles. The van der Waals surface area contributed by atoms with Crippen molar-refractivity contribution in [3.05, 3.63) is 152 Å². The summed E-state index contributed by atoms with van der Waals surface area (Å²) >= 11 is 0. The third-order valence-corrected chi connectivity index (χ3v) is 8.19. The first-order chi connectivity index (χ1) is 21.2. The molecule has 0 N–H and O–H groups in total. The molecule has 0 bridgehead atoms. The van der Waals surface area contributed by atoms with Crippen LogP contribution in [0.4, 0.5) is 0 Å². The van der Waals surface area contributed by atoms with Gasteiger partial charge in [-0.05, 0) is 71.8 Å². The van der Waals surface area contributed by atoms with E-state index in [4.69, 9.17) is 4.74 Å². The molecule has 0 radical (unpaired) electrons. The summed E-state index contributed by atoms with van der Waals surface area (Å²) in [7, 11) is 0. The molecule has 0 amide bonds. The number of hydrogen-bond donors (Lipinski definition) is 0. The summed E-state index contributed by atoms with van der Waals surface area (Å²) in [6.07, 6.45) is 1.17. The number of nitrogens with zero attached hydrogens (tertiary/aromatic N) is 2. The Hall–Kier alpha value is -5.87. The lowest BCUT2D eigenvalue weighted by Crippen LogP contribution is -2.02. The Kier molecular flexibility index (Phi) is 5.73. The second-order valence-electron chi connectivity index (χ2n) is 10.6. The molecule has 43 heavy (non-hydrogen) atoms. The zero-order valence-corrected chi connectivity index (χ0v) is 23.3. The minimum atomic E-state index is -0.471. The highest BCUT2D eigenvalue weighted by molar-refractivity contribution is 6.10. The van der Waals surface area contributed by atoms with Crippen molar-refractivity contribution < 1.29 is 9.53 Å². The highest BCUT2D eigenvalue weighted by Gasteiger charge is 2.15. The van der Waals surface area contributed by atoms with E-state index in [1.807, 2.05) is 30.3 Å². The molecule has 0 saturated heterocycles. The van der Waals surface area contributed by atoms with Crippen molar-refractivity contribution in [1.82, 2.24) is 9.13 Å². The van der Waals surface area contributed by atoms with Gasteiger partial charge in [-0.25, -0.2) is 4.79 Å². The molecule has 0 unspecified atom stereocenters. The molecule has 0 atom stereocenters. The van der Waals surface area contributed by atoms with Gasteiger partial charge in [-0.3, -0.25) is 0 Å². The largest absolute Gasteiger partial charge is 0.423 e. The molecule has 2 aromatic heterocycles. The molecule has 0 aliphatic heterocycles. The van der Waals surface area contributed by atoms with Crippen molar-refractivity contribution in [1.29, 1.82) is 0 Å². The predicted molar refractivity (Wildman–Crippen MR) is 176 cm³/mol. The topological polar surface area (TPSA) is 36.2 Å². The highest BCUT2D eigenvalue weighted by Crippen LogP contribution is 2.36. The molecule has 8 aromatic rings. The standard InChI is InChI=1S/C39H26N2O2/c1-2-39(42)43-30-23-24-38-34(25-30)33-11-5-8-14-37(33)41(38)29-21-17-27(18-22-29)26-15-19-28(20-16-26)40-35-12-6-3-9-31(35)32-10-4-7-13-36(32)40/h2-25H,1H2. The van der Waals surface area contributed by atoms with E-state index in [-0.39, 0.29) is 0 Å². The molecule has 0 spiro atoms. The van der Waals surface area contributed by atoms with E-state index >= 15 is 0 Å². The van der Waals surface area contributed by atoms with E-state index in [2.05, 4.69) is 125 Å². The maximum Gasteiger partial charge on any atom is 0.335 e. The van der Waals surface area contributed by atoms with Gasteiger partial charge in [-0.15, -0.1) is 0 Å². The normalized spacial score (nSPS) is 11.4. The van der Waals surface area contributed by atoms with Gasteiger partial charge in [0.2, 0.25) is 0 Å². The molecule has 0 aliphatic rings. The molecule has 4 heteroatoms. The fourth-order valence-electron chi connectivity index (χ4n) is 6.26. The lowest BCUT2D eigenvalue weighted by Gasteiger charge is -2.11. The minimum absolute atomic E-state index is 0.471. The summed E-state index contributed by atoms with van der Waals surface area (Å²) in [6.45, 7) is 3.50. The Morgan fingerprint density at radius 3 is 1.40 bits per heavy atom. The van der Waals surface area contributed by atoms with E-state index < -0.39 is 5.97 Å². The summed E-state index contributed by atoms with van der Waals surface area (Å²) < 4.78 is 9.99. The van der Waals surface area contributed by atoms with Gasteiger partial charge in [0.05, 0.1) is 22.1 Å². The fraction of sp³-hybridized carbons (Fsp3) is 0. The monoisotopic (exact) mass is 554 g/mol. The summed E-state index contributed by atoms with van der Waals surface area (Å²) in [5, 5.41) is 4.64.